The number of nitrogens with zero attached hydrogens (tertiary/aromatic N) is 1. The Hall–Kier alpha value is -2.37. The highest BCUT2D eigenvalue weighted by Crippen LogP contribution is 2.16. The number of hydrogen-bond acceptors (Lipinski definition) is 3. The van der Waals surface area contributed by atoms with Gasteiger partial charge in [-0.15, -0.1) is 0 Å². The van der Waals surface area contributed by atoms with Crippen molar-refractivity contribution in [3.8, 4) is 0 Å². The van der Waals surface area contributed by atoms with E-state index in [1.165, 1.54) is 24.8 Å². The van der Waals surface area contributed by atoms with Crippen LogP contribution in [0.4, 0.5) is 0 Å². The Balaban J connectivity index is 1.42. The van der Waals surface area contributed by atoms with Crippen LogP contribution in [0.25, 0.3) is 0 Å². The van der Waals surface area contributed by atoms with E-state index in [1.54, 1.807) is 24.3 Å². The first-order valence-electron chi connectivity index (χ1n) is 10.2. The quantitative estimate of drug-likeness (QED) is 0.692. The topological polar surface area (TPSA) is 61.4 Å². The monoisotopic (exact) mass is 413 g/mol. The normalized spacial score (nSPS) is 14.4. The van der Waals surface area contributed by atoms with Gasteiger partial charge >= 0.3 is 0 Å². The van der Waals surface area contributed by atoms with E-state index in [2.05, 4.69) is 33.7 Å². The highest BCUT2D eigenvalue weighted by molar-refractivity contribution is 6.30. The molecule has 0 bridgehead atoms. The zero-order valence-corrected chi connectivity index (χ0v) is 17.4. The van der Waals surface area contributed by atoms with Gasteiger partial charge in [0.1, 0.15) is 0 Å². The standard InChI is InChI=1S/C23H28ClN3O2/c24-21-10-8-18(9-11-21)23(29)25-13-12-22(28)26-16-19-6-2-3-7-20(19)17-27-14-4-1-5-15-27/h2-3,6-11H,1,4-5,12-17H2,(H,25,29)(H,26,28). The smallest absolute Gasteiger partial charge is 0.251 e. The molecule has 29 heavy (non-hydrogen) atoms. The molecule has 0 saturated carbocycles. The highest BCUT2D eigenvalue weighted by Gasteiger charge is 2.13. The predicted octanol–water partition coefficient (Wildman–Crippen LogP) is 3.76. The Morgan fingerprint density at radius 1 is 0.897 bits per heavy atom. The minimum Gasteiger partial charge on any atom is -0.352 e. The van der Waals surface area contributed by atoms with Crippen molar-refractivity contribution >= 4 is 23.4 Å². The lowest BCUT2D eigenvalue weighted by atomic mass is 10.0. The maximum Gasteiger partial charge on any atom is 0.251 e. The van der Waals surface area contributed by atoms with Gasteiger partial charge in [0, 0.05) is 36.6 Å². The molecule has 2 N–H and O–H groups in total. The average Bonchev–Trinajstić information content (AvgIpc) is 2.74. The third-order valence-corrected chi connectivity index (χ3v) is 5.43. The second-order valence-electron chi connectivity index (χ2n) is 7.40. The van der Waals surface area contributed by atoms with Crippen LogP contribution < -0.4 is 10.6 Å². The summed E-state index contributed by atoms with van der Waals surface area (Å²) in [4.78, 5) is 26.7. The number of rotatable bonds is 8. The van der Waals surface area contributed by atoms with Crippen LogP contribution in [0.3, 0.4) is 0 Å². The van der Waals surface area contributed by atoms with Gasteiger partial charge in [-0.2, -0.15) is 0 Å². The molecule has 2 amide bonds. The molecule has 2 aromatic carbocycles. The van der Waals surface area contributed by atoms with Crippen LogP contribution in [0.1, 0.15) is 47.2 Å². The number of nitrogens with one attached hydrogen (secondary N) is 2. The van der Waals surface area contributed by atoms with Crippen LogP contribution in [0, 0.1) is 0 Å². The van der Waals surface area contributed by atoms with Gasteiger partial charge in [-0.05, 0) is 61.3 Å². The number of carbonyl (C=O) groups is 2. The number of carbonyl (C=O) groups excluding carboxylic acids is 2. The molecule has 0 aromatic heterocycles. The fraction of sp³-hybridized carbons (Fsp3) is 0.391. The molecule has 6 heteroatoms. The molecule has 5 nitrogen and oxygen atoms in total. The summed E-state index contributed by atoms with van der Waals surface area (Å²) in [6.45, 7) is 4.03. The van der Waals surface area contributed by atoms with E-state index in [1.807, 2.05) is 6.07 Å². The molecule has 1 saturated heterocycles. The maximum absolute atomic E-state index is 12.2. The van der Waals surface area contributed by atoms with E-state index in [9.17, 15) is 9.59 Å². The van der Waals surface area contributed by atoms with E-state index in [4.69, 9.17) is 11.6 Å². The second kappa shape index (κ2) is 11.0. The molecule has 154 valence electrons. The van der Waals surface area contributed by atoms with E-state index >= 15 is 0 Å². The van der Waals surface area contributed by atoms with Crippen LogP contribution >= 0.6 is 11.6 Å². The number of likely N-dealkylation sites (tertiary alicyclic amines) is 1. The van der Waals surface area contributed by atoms with Crippen molar-refractivity contribution in [1.29, 1.82) is 0 Å². The average molecular weight is 414 g/mol. The molecule has 1 aliphatic rings. The van der Waals surface area contributed by atoms with Crippen molar-refractivity contribution in [2.24, 2.45) is 0 Å². The summed E-state index contributed by atoms with van der Waals surface area (Å²) in [5.41, 5.74) is 2.95. The van der Waals surface area contributed by atoms with Gasteiger partial charge in [0.15, 0.2) is 0 Å². The lowest BCUT2D eigenvalue weighted by molar-refractivity contribution is -0.121. The summed E-state index contributed by atoms with van der Waals surface area (Å²) >= 11 is 5.83. The third-order valence-electron chi connectivity index (χ3n) is 5.18. The Bertz CT molecular complexity index is 817. The SMILES string of the molecule is O=C(CCNC(=O)c1ccc(Cl)cc1)NCc1ccccc1CN1CCCCC1. The number of hydrogen-bond donors (Lipinski definition) is 2. The first kappa shape index (κ1) is 21.3. The molecule has 0 aliphatic carbocycles. The van der Waals surface area contributed by atoms with Crippen molar-refractivity contribution in [2.45, 2.75) is 38.8 Å². The van der Waals surface area contributed by atoms with Crippen LogP contribution in [-0.4, -0.2) is 36.3 Å². The number of halogens is 1. The summed E-state index contributed by atoms with van der Waals surface area (Å²) in [6.07, 6.45) is 4.09. The van der Waals surface area contributed by atoms with E-state index in [-0.39, 0.29) is 18.2 Å². The van der Waals surface area contributed by atoms with Crippen molar-refractivity contribution in [3.63, 3.8) is 0 Å². The summed E-state index contributed by atoms with van der Waals surface area (Å²) in [6, 6.07) is 14.9. The third kappa shape index (κ3) is 6.87. The van der Waals surface area contributed by atoms with Crippen LogP contribution in [0.5, 0.6) is 0 Å². The van der Waals surface area contributed by atoms with Gasteiger partial charge < -0.3 is 10.6 Å². The molecular weight excluding hydrogens is 386 g/mol. The number of piperidine rings is 1. The lowest BCUT2D eigenvalue weighted by Gasteiger charge is -2.27. The molecule has 2 aromatic rings. The Kier molecular flexibility index (Phi) is 8.08. The van der Waals surface area contributed by atoms with Crippen molar-refractivity contribution in [2.75, 3.05) is 19.6 Å². The Labute approximate surface area is 177 Å². The van der Waals surface area contributed by atoms with Crippen LogP contribution in [-0.2, 0) is 17.9 Å². The van der Waals surface area contributed by atoms with Gasteiger partial charge in [-0.3, -0.25) is 14.5 Å². The Morgan fingerprint density at radius 2 is 1.59 bits per heavy atom. The minimum absolute atomic E-state index is 0.0748. The van der Waals surface area contributed by atoms with Crippen LogP contribution in [0.15, 0.2) is 48.5 Å². The maximum atomic E-state index is 12.2. The van der Waals surface area contributed by atoms with Gasteiger partial charge in [0.25, 0.3) is 5.91 Å². The van der Waals surface area contributed by atoms with Crippen molar-refractivity contribution < 1.29 is 9.59 Å². The zero-order valence-electron chi connectivity index (χ0n) is 16.6. The second-order valence-corrected chi connectivity index (χ2v) is 7.83. The number of benzene rings is 2. The van der Waals surface area contributed by atoms with Gasteiger partial charge in [-0.25, -0.2) is 0 Å². The summed E-state index contributed by atoms with van der Waals surface area (Å²) in [7, 11) is 0. The predicted molar refractivity (Wildman–Crippen MR) is 116 cm³/mol. The summed E-state index contributed by atoms with van der Waals surface area (Å²) in [5, 5.41) is 6.32. The van der Waals surface area contributed by atoms with Gasteiger partial charge in [0.05, 0.1) is 0 Å². The van der Waals surface area contributed by atoms with Gasteiger partial charge in [0.2, 0.25) is 5.91 Å². The molecule has 0 radical (unpaired) electrons. The zero-order chi connectivity index (χ0) is 20.5. The van der Waals surface area contributed by atoms with E-state index in [0.29, 0.717) is 23.7 Å². The summed E-state index contributed by atoms with van der Waals surface area (Å²) in [5.74, 6) is -0.282. The molecule has 1 fully saturated rings. The Morgan fingerprint density at radius 3 is 2.31 bits per heavy atom. The van der Waals surface area contributed by atoms with E-state index < -0.39 is 0 Å². The first-order valence-corrected chi connectivity index (χ1v) is 10.6. The van der Waals surface area contributed by atoms with Crippen molar-refractivity contribution in [3.05, 3.63) is 70.2 Å². The first-order chi connectivity index (χ1) is 14.1. The molecule has 1 heterocycles. The minimum atomic E-state index is -0.207. The molecular formula is C23H28ClN3O2. The molecule has 0 atom stereocenters. The fourth-order valence-electron chi connectivity index (χ4n) is 3.52. The molecule has 0 spiro atoms. The van der Waals surface area contributed by atoms with E-state index in [0.717, 1.165) is 25.2 Å². The van der Waals surface area contributed by atoms with Gasteiger partial charge in [-0.1, -0.05) is 42.3 Å². The van der Waals surface area contributed by atoms with Crippen LogP contribution in [0.2, 0.25) is 5.02 Å². The summed E-state index contributed by atoms with van der Waals surface area (Å²) < 4.78 is 0. The fourth-order valence-corrected chi connectivity index (χ4v) is 3.64. The molecule has 1 aliphatic heterocycles. The largest absolute Gasteiger partial charge is 0.352 e. The number of amides is 2. The van der Waals surface area contributed by atoms with Crippen molar-refractivity contribution in [1.82, 2.24) is 15.5 Å². The lowest BCUT2D eigenvalue weighted by Crippen LogP contribution is -2.31. The molecule has 0 unspecified atom stereocenters. The highest BCUT2D eigenvalue weighted by atomic mass is 35.5. The molecule has 3 rings (SSSR count).